The summed E-state index contributed by atoms with van der Waals surface area (Å²) in [5.74, 6) is -0.0510. The van der Waals surface area contributed by atoms with Crippen molar-refractivity contribution in [2.75, 3.05) is 13.7 Å². The average Bonchev–Trinajstić information content (AvgIpc) is 2.66. The van der Waals surface area contributed by atoms with Gasteiger partial charge in [0, 0.05) is 23.9 Å². The predicted molar refractivity (Wildman–Crippen MR) is 103 cm³/mol. The van der Waals surface area contributed by atoms with Crippen LogP contribution >= 0.6 is 0 Å². The number of amides is 1. The molecular weight excluding hydrogens is 342 g/mol. The third-order valence-electron chi connectivity index (χ3n) is 5.45. The number of ether oxygens (including phenoxy) is 1. The molecule has 0 bridgehead atoms. The Morgan fingerprint density at radius 1 is 1.11 bits per heavy atom. The van der Waals surface area contributed by atoms with Crippen LogP contribution in [-0.4, -0.2) is 30.6 Å². The Balaban J connectivity index is 1.55. The number of carbonyl (C=O) groups is 2. The summed E-state index contributed by atoms with van der Waals surface area (Å²) >= 11 is 0. The molecule has 2 aromatic rings. The normalized spacial score (nSPS) is 14.9. The van der Waals surface area contributed by atoms with Crippen molar-refractivity contribution in [3.8, 4) is 5.75 Å². The molecule has 1 aliphatic rings. The van der Waals surface area contributed by atoms with Gasteiger partial charge in [-0.25, -0.2) is 4.79 Å². The fourth-order valence-electron chi connectivity index (χ4n) is 3.66. The summed E-state index contributed by atoms with van der Waals surface area (Å²) < 4.78 is 5.51. The number of carboxylic acid groups (broad SMARTS) is 1. The summed E-state index contributed by atoms with van der Waals surface area (Å²) in [6.07, 6.45) is 4.22. The van der Waals surface area contributed by atoms with Gasteiger partial charge in [-0.1, -0.05) is 36.8 Å². The number of benzene rings is 2. The van der Waals surface area contributed by atoms with Gasteiger partial charge in [0.15, 0.2) is 0 Å². The largest absolute Gasteiger partial charge is 0.496 e. The molecule has 0 aliphatic heterocycles. The number of hydrogen-bond acceptors (Lipinski definition) is 3. The van der Waals surface area contributed by atoms with E-state index in [1.165, 1.54) is 5.56 Å². The highest BCUT2D eigenvalue weighted by Gasteiger charge is 2.40. The zero-order valence-corrected chi connectivity index (χ0v) is 15.5. The third-order valence-corrected chi connectivity index (χ3v) is 5.45. The molecule has 0 atom stereocenters. The molecule has 3 rings (SSSR count). The number of rotatable bonds is 8. The van der Waals surface area contributed by atoms with Crippen LogP contribution in [0.4, 0.5) is 0 Å². The van der Waals surface area contributed by atoms with Gasteiger partial charge in [-0.05, 0) is 43.0 Å². The molecule has 142 valence electrons. The number of methoxy groups -OCH3 is 1. The number of carbonyl (C=O) groups excluding carboxylic acids is 1. The lowest BCUT2D eigenvalue weighted by Gasteiger charge is -2.43. The molecule has 0 aromatic heterocycles. The van der Waals surface area contributed by atoms with Gasteiger partial charge in [-0.15, -0.1) is 0 Å². The molecule has 0 unspecified atom stereocenters. The molecule has 5 heteroatoms. The van der Waals surface area contributed by atoms with Gasteiger partial charge in [0.25, 0.3) is 0 Å². The molecule has 2 N–H and O–H groups in total. The molecule has 2 aromatic carbocycles. The van der Waals surface area contributed by atoms with E-state index in [2.05, 4.69) is 11.4 Å². The predicted octanol–water partition coefficient (Wildman–Crippen LogP) is 3.56. The van der Waals surface area contributed by atoms with E-state index >= 15 is 0 Å². The summed E-state index contributed by atoms with van der Waals surface area (Å²) in [4.78, 5) is 23.2. The van der Waals surface area contributed by atoms with Gasteiger partial charge in [-0.3, -0.25) is 4.79 Å². The zero-order chi connectivity index (χ0) is 19.3. The Bertz CT molecular complexity index is 809. The van der Waals surface area contributed by atoms with Crippen LogP contribution in [0, 0.1) is 0 Å². The van der Waals surface area contributed by atoms with Crippen molar-refractivity contribution in [2.24, 2.45) is 0 Å². The summed E-state index contributed by atoms with van der Waals surface area (Å²) in [6, 6.07) is 14.7. The lowest BCUT2D eigenvalue weighted by atomic mass is 9.64. The zero-order valence-electron chi connectivity index (χ0n) is 15.5. The van der Waals surface area contributed by atoms with Gasteiger partial charge in [0.05, 0.1) is 12.7 Å². The van der Waals surface area contributed by atoms with Crippen LogP contribution in [0.3, 0.4) is 0 Å². The molecule has 0 radical (unpaired) electrons. The third kappa shape index (κ3) is 4.30. The Hall–Kier alpha value is -2.82. The smallest absolute Gasteiger partial charge is 0.335 e. The van der Waals surface area contributed by atoms with Gasteiger partial charge in [0.1, 0.15) is 5.75 Å². The number of hydrogen-bond donors (Lipinski definition) is 2. The average molecular weight is 367 g/mol. The monoisotopic (exact) mass is 367 g/mol. The molecule has 0 spiro atoms. The van der Waals surface area contributed by atoms with E-state index < -0.39 is 5.97 Å². The number of carboxylic acids is 1. The van der Waals surface area contributed by atoms with Crippen molar-refractivity contribution in [1.82, 2.24) is 5.32 Å². The van der Waals surface area contributed by atoms with E-state index in [4.69, 9.17) is 9.84 Å². The van der Waals surface area contributed by atoms with Crippen LogP contribution in [0.5, 0.6) is 5.75 Å². The maximum atomic E-state index is 12.3. The summed E-state index contributed by atoms with van der Waals surface area (Å²) in [6.45, 7) is 0.615. The van der Waals surface area contributed by atoms with Gasteiger partial charge < -0.3 is 15.2 Å². The van der Waals surface area contributed by atoms with Gasteiger partial charge >= 0.3 is 5.97 Å². The van der Waals surface area contributed by atoms with Crippen molar-refractivity contribution in [1.29, 1.82) is 0 Å². The Labute approximate surface area is 159 Å². The first-order valence-electron chi connectivity index (χ1n) is 9.26. The lowest BCUT2D eigenvalue weighted by Crippen LogP contribution is -2.45. The van der Waals surface area contributed by atoms with Crippen LogP contribution in [0.15, 0.2) is 48.5 Å². The lowest BCUT2D eigenvalue weighted by molar-refractivity contribution is -0.121. The SMILES string of the molecule is COc1ccccc1C1(CNC(=O)CCc2ccc(C(=O)O)cc2)CCC1. The van der Waals surface area contributed by atoms with Crippen LogP contribution in [0.1, 0.15) is 47.2 Å². The topological polar surface area (TPSA) is 75.6 Å². The summed E-state index contributed by atoms with van der Waals surface area (Å²) in [5, 5.41) is 12.0. The Morgan fingerprint density at radius 2 is 1.81 bits per heavy atom. The first-order chi connectivity index (χ1) is 13.0. The first-order valence-corrected chi connectivity index (χ1v) is 9.26. The number of aryl methyl sites for hydroxylation is 1. The fourth-order valence-corrected chi connectivity index (χ4v) is 3.66. The molecule has 1 fully saturated rings. The molecule has 0 saturated heterocycles. The molecule has 5 nitrogen and oxygen atoms in total. The molecule has 1 amide bonds. The minimum absolute atomic E-state index is 0.0125. The highest BCUT2D eigenvalue weighted by Crippen LogP contribution is 2.46. The van der Waals surface area contributed by atoms with Crippen molar-refractivity contribution < 1.29 is 19.4 Å². The minimum atomic E-state index is -0.943. The minimum Gasteiger partial charge on any atom is -0.496 e. The summed E-state index contributed by atoms with van der Waals surface area (Å²) in [7, 11) is 1.68. The fraction of sp³-hybridized carbons (Fsp3) is 0.364. The van der Waals surface area contributed by atoms with Gasteiger partial charge in [-0.2, -0.15) is 0 Å². The van der Waals surface area contributed by atoms with Crippen molar-refractivity contribution in [3.05, 3.63) is 65.2 Å². The highest BCUT2D eigenvalue weighted by atomic mass is 16.5. The van der Waals surface area contributed by atoms with Crippen LogP contribution in [0.2, 0.25) is 0 Å². The molecule has 1 saturated carbocycles. The number of nitrogens with one attached hydrogen (secondary N) is 1. The number of aromatic carboxylic acids is 1. The highest BCUT2D eigenvalue weighted by molar-refractivity contribution is 5.87. The second-order valence-corrected chi connectivity index (χ2v) is 7.11. The Kier molecular flexibility index (Phi) is 5.79. The van der Waals surface area contributed by atoms with Gasteiger partial charge in [0.2, 0.25) is 5.91 Å². The number of para-hydroxylation sites is 1. The second kappa shape index (κ2) is 8.25. The maximum absolute atomic E-state index is 12.3. The first kappa shape index (κ1) is 19.0. The Morgan fingerprint density at radius 3 is 2.41 bits per heavy atom. The van der Waals surface area contributed by atoms with E-state index in [9.17, 15) is 9.59 Å². The van der Waals surface area contributed by atoms with Crippen LogP contribution in [-0.2, 0) is 16.6 Å². The van der Waals surface area contributed by atoms with Crippen molar-refractivity contribution >= 4 is 11.9 Å². The van der Waals surface area contributed by atoms with E-state index in [0.29, 0.717) is 19.4 Å². The van der Waals surface area contributed by atoms with Crippen LogP contribution in [0.25, 0.3) is 0 Å². The maximum Gasteiger partial charge on any atom is 0.335 e. The van der Waals surface area contributed by atoms with Crippen LogP contribution < -0.4 is 10.1 Å². The standard InChI is InChI=1S/C22H25NO4/c1-27-19-6-3-2-5-18(19)22(13-4-14-22)15-23-20(24)12-9-16-7-10-17(11-8-16)21(25)26/h2-3,5-8,10-11H,4,9,12-15H2,1H3,(H,23,24)(H,25,26). The van der Waals surface area contributed by atoms with E-state index in [0.717, 1.165) is 30.6 Å². The van der Waals surface area contributed by atoms with E-state index in [1.807, 2.05) is 18.2 Å². The van der Waals surface area contributed by atoms with Crippen molar-refractivity contribution in [3.63, 3.8) is 0 Å². The molecule has 0 heterocycles. The second-order valence-electron chi connectivity index (χ2n) is 7.11. The summed E-state index contributed by atoms with van der Waals surface area (Å²) in [5.41, 5.74) is 2.35. The quantitative estimate of drug-likeness (QED) is 0.748. The van der Waals surface area contributed by atoms with Crippen molar-refractivity contribution in [2.45, 2.75) is 37.5 Å². The van der Waals surface area contributed by atoms with E-state index in [1.54, 1.807) is 31.4 Å². The molecule has 27 heavy (non-hydrogen) atoms. The molecule has 1 aliphatic carbocycles. The molecular formula is C22H25NO4. The van der Waals surface area contributed by atoms with E-state index in [-0.39, 0.29) is 16.9 Å².